The van der Waals surface area contributed by atoms with Crippen LogP contribution in [0.4, 0.5) is 10.1 Å². The van der Waals surface area contributed by atoms with Gasteiger partial charge < -0.3 is 4.90 Å². The van der Waals surface area contributed by atoms with Gasteiger partial charge in [0.2, 0.25) is 5.91 Å². The van der Waals surface area contributed by atoms with Gasteiger partial charge in [0.15, 0.2) is 5.17 Å². The van der Waals surface area contributed by atoms with Crippen LogP contribution in [0.2, 0.25) is 0 Å². The Morgan fingerprint density at radius 1 is 1.26 bits per heavy atom. The topological polar surface area (TPSA) is 35.9 Å². The van der Waals surface area contributed by atoms with Crippen LogP contribution < -0.4 is 4.90 Å². The third-order valence-electron chi connectivity index (χ3n) is 5.33. The van der Waals surface area contributed by atoms with E-state index in [4.69, 9.17) is 4.99 Å². The molecule has 1 saturated heterocycles. The van der Waals surface area contributed by atoms with Crippen LogP contribution in [0, 0.1) is 5.82 Å². The highest BCUT2D eigenvalue weighted by Crippen LogP contribution is 2.32. The maximum atomic E-state index is 13.4. The third-order valence-corrected chi connectivity index (χ3v) is 6.39. The number of carbonyl (C=O) groups excluding carboxylic acids is 1. The van der Waals surface area contributed by atoms with Gasteiger partial charge in [0.05, 0.1) is 6.04 Å². The predicted molar refractivity (Wildman–Crippen MR) is 112 cm³/mol. The van der Waals surface area contributed by atoms with Crippen molar-refractivity contribution in [1.82, 2.24) is 4.90 Å². The number of thioether (sulfide) groups is 1. The third kappa shape index (κ3) is 5.03. The molecule has 0 aromatic heterocycles. The van der Waals surface area contributed by atoms with E-state index in [0.717, 1.165) is 36.0 Å². The normalized spacial score (nSPS) is 22.4. The van der Waals surface area contributed by atoms with Crippen LogP contribution in [-0.4, -0.2) is 40.5 Å². The minimum Gasteiger partial charge on any atom is -0.330 e. The Bertz CT molecular complexity index is 658. The van der Waals surface area contributed by atoms with Gasteiger partial charge in [-0.3, -0.25) is 14.7 Å². The minimum absolute atomic E-state index is 0.0207. The molecule has 1 heterocycles. The number of rotatable bonds is 6. The minimum atomic E-state index is -0.287. The lowest BCUT2D eigenvalue weighted by Gasteiger charge is -2.35. The molecule has 3 rings (SSSR count). The van der Waals surface area contributed by atoms with Crippen LogP contribution in [0.5, 0.6) is 0 Å². The van der Waals surface area contributed by atoms with Crippen molar-refractivity contribution in [2.75, 3.05) is 17.2 Å². The maximum Gasteiger partial charge on any atom is 0.225 e. The van der Waals surface area contributed by atoms with Gasteiger partial charge in [-0.15, -0.1) is 0 Å². The van der Waals surface area contributed by atoms with Crippen molar-refractivity contribution < 1.29 is 9.18 Å². The van der Waals surface area contributed by atoms with E-state index in [1.54, 1.807) is 35.7 Å². The van der Waals surface area contributed by atoms with Crippen LogP contribution in [0.25, 0.3) is 0 Å². The second-order valence-electron chi connectivity index (χ2n) is 7.41. The Morgan fingerprint density at radius 3 is 2.59 bits per heavy atom. The lowest BCUT2D eigenvalue weighted by Crippen LogP contribution is -2.50. The molecule has 27 heavy (non-hydrogen) atoms. The molecular weight excluding hydrogens is 361 g/mol. The molecule has 2 aliphatic rings. The first kappa shape index (κ1) is 20.2. The van der Waals surface area contributed by atoms with Gasteiger partial charge in [0.25, 0.3) is 0 Å². The standard InChI is InChI=1S/C21H30FN3OS/c1-3-4-14-24-20(15-27-21(24)23-18-8-6-5-7-9-18)25(16(2)26)19-12-10-17(22)11-13-19/h10-13,18,20H,3-9,14-15H2,1-2H3. The highest BCUT2D eigenvalue weighted by Gasteiger charge is 2.36. The molecule has 6 heteroatoms. The number of anilines is 1. The monoisotopic (exact) mass is 391 g/mol. The fourth-order valence-electron chi connectivity index (χ4n) is 3.88. The lowest BCUT2D eigenvalue weighted by molar-refractivity contribution is -0.117. The van der Waals surface area contributed by atoms with Crippen molar-refractivity contribution in [2.24, 2.45) is 4.99 Å². The largest absolute Gasteiger partial charge is 0.330 e. The van der Waals surface area contributed by atoms with E-state index >= 15 is 0 Å². The summed E-state index contributed by atoms with van der Waals surface area (Å²) in [6, 6.07) is 6.63. The summed E-state index contributed by atoms with van der Waals surface area (Å²) in [6.45, 7) is 4.66. The molecule has 148 valence electrons. The van der Waals surface area contributed by atoms with Crippen molar-refractivity contribution >= 4 is 28.5 Å². The molecule has 1 unspecified atom stereocenters. The first-order valence-corrected chi connectivity index (χ1v) is 11.1. The van der Waals surface area contributed by atoms with Gasteiger partial charge in [-0.25, -0.2) is 4.39 Å². The number of nitrogens with zero attached hydrogens (tertiary/aromatic N) is 3. The molecule has 1 aliphatic heterocycles. The summed E-state index contributed by atoms with van der Waals surface area (Å²) in [6.07, 6.45) is 8.29. The molecule has 0 bridgehead atoms. The van der Waals surface area contributed by atoms with Gasteiger partial charge >= 0.3 is 0 Å². The van der Waals surface area contributed by atoms with Crippen LogP contribution in [-0.2, 0) is 4.79 Å². The van der Waals surface area contributed by atoms with Crippen LogP contribution >= 0.6 is 11.8 Å². The summed E-state index contributed by atoms with van der Waals surface area (Å²) < 4.78 is 13.4. The molecule has 1 aromatic rings. The molecular formula is C21H30FN3OS. The van der Waals surface area contributed by atoms with Crippen molar-refractivity contribution in [1.29, 1.82) is 0 Å². The van der Waals surface area contributed by atoms with Gasteiger partial charge in [-0.1, -0.05) is 44.4 Å². The highest BCUT2D eigenvalue weighted by molar-refractivity contribution is 8.14. The fraction of sp³-hybridized carbons (Fsp3) is 0.619. The zero-order chi connectivity index (χ0) is 19.2. The van der Waals surface area contributed by atoms with E-state index in [2.05, 4.69) is 11.8 Å². The van der Waals surface area contributed by atoms with Gasteiger partial charge in [-0.2, -0.15) is 0 Å². The fourth-order valence-corrected chi connectivity index (χ4v) is 5.11. The first-order chi connectivity index (χ1) is 13.1. The second kappa shape index (κ2) is 9.58. The Morgan fingerprint density at radius 2 is 1.96 bits per heavy atom. The van der Waals surface area contributed by atoms with Gasteiger partial charge in [0.1, 0.15) is 12.0 Å². The van der Waals surface area contributed by atoms with Crippen LogP contribution in [0.1, 0.15) is 58.8 Å². The first-order valence-electron chi connectivity index (χ1n) is 10.1. The number of amides is 1. The lowest BCUT2D eigenvalue weighted by atomic mass is 9.96. The number of hydrogen-bond acceptors (Lipinski definition) is 3. The van der Waals surface area contributed by atoms with E-state index in [9.17, 15) is 9.18 Å². The van der Waals surface area contributed by atoms with E-state index in [1.807, 2.05) is 0 Å². The predicted octanol–water partition coefficient (Wildman–Crippen LogP) is 5.04. The number of halogens is 1. The van der Waals surface area contributed by atoms with E-state index in [-0.39, 0.29) is 17.9 Å². The number of unbranched alkanes of at least 4 members (excludes halogenated alkanes) is 1. The number of hydrogen-bond donors (Lipinski definition) is 0. The van der Waals surface area contributed by atoms with Crippen molar-refractivity contribution in [3.63, 3.8) is 0 Å². The van der Waals surface area contributed by atoms with E-state index in [0.29, 0.717) is 6.04 Å². The Kier molecular flexibility index (Phi) is 7.16. The average Bonchev–Trinajstić information content (AvgIpc) is 3.04. The molecule has 1 aliphatic carbocycles. The quantitative estimate of drug-likeness (QED) is 0.681. The van der Waals surface area contributed by atoms with E-state index < -0.39 is 0 Å². The summed E-state index contributed by atoms with van der Waals surface area (Å²) in [5.41, 5.74) is 0.745. The molecule has 1 aromatic carbocycles. The smallest absolute Gasteiger partial charge is 0.225 e. The average molecular weight is 392 g/mol. The second-order valence-corrected chi connectivity index (χ2v) is 8.39. The number of aliphatic imine (C=N–C) groups is 1. The van der Waals surface area contributed by atoms with Crippen molar-refractivity contribution in [3.05, 3.63) is 30.1 Å². The molecule has 1 atom stereocenters. The molecule has 0 radical (unpaired) electrons. The maximum absolute atomic E-state index is 13.4. The number of carbonyl (C=O) groups is 1. The molecule has 1 saturated carbocycles. The summed E-state index contributed by atoms with van der Waals surface area (Å²) in [4.78, 5) is 21.7. The molecule has 1 amide bonds. The highest BCUT2D eigenvalue weighted by atomic mass is 32.2. The SMILES string of the molecule is CCCCN1C(=NC2CCCCC2)SCC1N(C(C)=O)c1ccc(F)cc1. The summed E-state index contributed by atoms with van der Waals surface area (Å²) in [7, 11) is 0. The molecule has 4 nitrogen and oxygen atoms in total. The molecule has 0 spiro atoms. The zero-order valence-corrected chi connectivity index (χ0v) is 17.2. The Labute approximate surface area is 166 Å². The molecule has 2 fully saturated rings. The van der Waals surface area contributed by atoms with Crippen LogP contribution in [0.15, 0.2) is 29.3 Å². The molecule has 0 N–H and O–H groups in total. The summed E-state index contributed by atoms with van der Waals surface area (Å²) >= 11 is 1.75. The Balaban J connectivity index is 1.85. The van der Waals surface area contributed by atoms with Crippen molar-refractivity contribution in [3.8, 4) is 0 Å². The van der Waals surface area contributed by atoms with Crippen molar-refractivity contribution in [2.45, 2.75) is 71.0 Å². The van der Waals surface area contributed by atoms with Gasteiger partial charge in [0, 0.05) is 24.9 Å². The van der Waals surface area contributed by atoms with Crippen LogP contribution in [0.3, 0.4) is 0 Å². The van der Waals surface area contributed by atoms with E-state index in [1.165, 1.54) is 44.2 Å². The zero-order valence-electron chi connectivity index (χ0n) is 16.4. The Hall–Kier alpha value is -1.56. The number of benzene rings is 1. The summed E-state index contributed by atoms with van der Waals surface area (Å²) in [5, 5.41) is 1.08. The summed E-state index contributed by atoms with van der Waals surface area (Å²) in [5.74, 6) is 0.490. The number of amidine groups is 1. The van der Waals surface area contributed by atoms with Gasteiger partial charge in [-0.05, 0) is 43.5 Å².